The van der Waals surface area contributed by atoms with E-state index in [0.29, 0.717) is 5.56 Å². The van der Waals surface area contributed by atoms with Gasteiger partial charge in [0.1, 0.15) is 22.0 Å². The van der Waals surface area contributed by atoms with Crippen LogP contribution in [0, 0.1) is 6.92 Å². The van der Waals surface area contributed by atoms with Crippen molar-refractivity contribution in [1.29, 1.82) is 0 Å². The number of phenolic OH excluding ortho intramolecular Hbond substituents is 1. The third kappa shape index (κ3) is 4.22. The summed E-state index contributed by atoms with van der Waals surface area (Å²) in [6.07, 6.45) is 0. The molecule has 0 saturated carbocycles. The van der Waals surface area contributed by atoms with E-state index in [1.165, 1.54) is 18.2 Å². The average molecular weight is 472 g/mol. The van der Waals surface area contributed by atoms with Crippen molar-refractivity contribution in [2.45, 2.75) is 16.7 Å². The fraction of sp³-hybridized carbons (Fsp3) is 0.0588. The molecule has 0 radical (unpaired) electrons. The number of fused-ring (bicyclic) bond motifs is 1. The Morgan fingerprint density at radius 2 is 1.63 bits per heavy atom. The van der Waals surface area contributed by atoms with Gasteiger partial charge >= 0.3 is 0 Å². The third-order valence-corrected chi connectivity index (χ3v) is 6.27. The molecule has 13 heteroatoms. The molecule has 0 saturated heterocycles. The summed E-state index contributed by atoms with van der Waals surface area (Å²) >= 11 is 5.91. The van der Waals surface area contributed by atoms with Gasteiger partial charge in [0.15, 0.2) is 0 Å². The number of nitrogens with zero attached hydrogens (tertiary/aromatic N) is 2. The minimum Gasteiger partial charge on any atom is -0.507 e. The quantitative estimate of drug-likeness (QED) is 0.250. The number of phenols is 1. The van der Waals surface area contributed by atoms with Gasteiger partial charge in [-0.1, -0.05) is 17.7 Å². The Morgan fingerprint density at radius 3 is 2.23 bits per heavy atom. The summed E-state index contributed by atoms with van der Waals surface area (Å²) in [6.45, 7) is 1.59. The van der Waals surface area contributed by atoms with Gasteiger partial charge in [-0.15, -0.1) is 10.2 Å². The molecule has 0 heterocycles. The van der Waals surface area contributed by atoms with Crippen molar-refractivity contribution in [1.82, 2.24) is 0 Å². The minimum atomic E-state index is -4.67. The molecule has 0 amide bonds. The zero-order valence-corrected chi connectivity index (χ0v) is 17.5. The van der Waals surface area contributed by atoms with Crippen LogP contribution in [-0.4, -0.2) is 31.0 Å². The lowest BCUT2D eigenvalue weighted by Gasteiger charge is -2.09. The molecule has 0 aliphatic rings. The summed E-state index contributed by atoms with van der Waals surface area (Å²) in [5.74, 6) is -0.552. The molecule has 0 unspecified atom stereocenters. The van der Waals surface area contributed by atoms with E-state index in [-0.39, 0.29) is 32.9 Å². The molecule has 0 fully saturated rings. The summed E-state index contributed by atoms with van der Waals surface area (Å²) in [6, 6.07) is 6.97. The van der Waals surface area contributed by atoms with Gasteiger partial charge in [-0.25, -0.2) is 0 Å². The van der Waals surface area contributed by atoms with Crippen molar-refractivity contribution < 1.29 is 31.0 Å². The Kier molecular flexibility index (Phi) is 5.47. The Labute approximate surface area is 176 Å². The first-order valence-electron chi connectivity index (χ1n) is 8.01. The highest BCUT2D eigenvalue weighted by molar-refractivity contribution is 7.86. The van der Waals surface area contributed by atoms with Crippen LogP contribution < -0.4 is 5.73 Å². The molecule has 3 rings (SSSR count). The van der Waals surface area contributed by atoms with Gasteiger partial charge in [0, 0.05) is 11.1 Å². The smallest absolute Gasteiger partial charge is 0.296 e. The van der Waals surface area contributed by atoms with Gasteiger partial charge in [-0.2, -0.15) is 16.8 Å². The van der Waals surface area contributed by atoms with Gasteiger partial charge < -0.3 is 10.8 Å². The lowest BCUT2D eigenvalue weighted by molar-refractivity contribution is 0.471. The Morgan fingerprint density at radius 1 is 0.967 bits per heavy atom. The maximum Gasteiger partial charge on any atom is 0.296 e. The monoisotopic (exact) mass is 471 g/mol. The molecule has 0 spiro atoms. The second kappa shape index (κ2) is 7.49. The number of aromatic hydroxyl groups is 1. The van der Waals surface area contributed by atoms with Crippen molar-refractivity contribution in [2.75, 3.05) is 5.73 Å². The molecule has 0 aromatic heterocycles. The highest BCUT2D eigenvalue weighted by Crippen LogP contribution is 2.41. The van der Waals surface area contributed by atoms with E-state index in [2.05, 4.69) is 10.2 Å². The van der Waals surface area contributed by atoms with E-state index in [1.54, 1.807) is 6.92 Å². The summed E-state index contributed by atoms with van der Waals surface area (Å²) in [4.78, 5) is -1.12. The van der Waals surface area contributed by atoms with Crippen LogP contribution in [0.1, 0.15) is 5.56 Å². The van der Waals surface area contributed by atoms with Gasteiger partial charge in [-0.3, -0.25) is 9.11 Å². The van der Waals surface area contributed by atoms with Crippen molar-refractivity contribution in [2.24, 2.45) is 10.2 Å². The maximum absolute atomic E-state index is 11.6. The first kappa shape index (κ1) is 21.9. The van der Waals surface area contributed by atoms with E-state index in [9.17, 15) is 31.0 Å². The van der Waals surface area contributed by atoms with E-state index < -0.39 is 35.8 Å². The SMILES string of the molecule is Cc1cc(N=Nc2c(N)ccc3cc(S(=O)(=O)O)cc(O)c23)c(S(=O)(=O)O)cc1Cl. The van der Waals surface area contributed by atoms with Gasteiger partial charge in [0.05, 0.1) is 16.0 Å². The number of halogens is 1. The lowest BCUT2D eigenvalue weighted by atomic mass is 10.1. The molecule has 0 bridgehead atoms. The number of aryl methyl sites for hydroxylation is 1. The largest absolute Gasteiger partial charge is 0.507 e. The van der Waals surface area contributed by atoms with Crippen LogP contribution in [-0.2, 0) is 20.2 Å². The number of anilines is 1. The second-order valence-electron chi connectivity index (χ2n) is 6.26. The summed E-state index contributed by atoms with van der Waals surface area (Å²) < 4.78 is 64.7. The topological polar surface area (TPSA) is 180 Å². The standard InChI is InChI=1S/C17H14ClN3O7S2/c1-8-4-13(15(7-11(8)18)30(26,27)28)20-21-17-12(19)3-2-9-5-10(29(23,24)25)6-14(22)16(9)17/h2-7,22H,19H2,1H3,(H,23,24,25)(H,26,27,28). The molecule has 30 heavy (non-hydrogen) atoms. The highest BCUT2D eigenvalue weighted by atomic mass is 35.5. The van der Waals surface area contributed by atoms with Crippen LogP contribution in [0.5, 0.6) is 5.75 Å². The van der Waals surface area contributed by atoms with Gasteiger partial charge in [-0.05, 0) is 42.1 Å². The molecule has 10 nitrogen and oxygen atoms in total. The zero-order chi connectivity index (χ0) is 22.4. The molecule has 0 atom stereocenters. The normalized spacial score (nSPS) is 12.7. The Bertz CT molecular complexity index is 1440. The van der Waals surface area contributed by atoms with Crippen LogP contribution in [0.4, 0.5) is 17.1 Å². The first-order valence-corrected chi connectivity index (χ1v) is 11.3. The fourth-order valence-electron chi connectivity index (χ4n) is 2.71. The van der Waals surface area contributed by atoms with Crippen LogP contribution in [0.2, 0.25) is 5.02 Å². The predicted molar refractivity (Wildman–Crippen MR) is 110 cm³/mol. The molecule has 0 aliphatic heterocycles. The molecule has 3 aromatic carbocycles. The van der Waals surface area contributed by atoms with E-state index >= 15 is 0 Å². The minimum absolute atomic E-state index is 0.0187. The second-order valence-corrected chi connectivity index (χ2v) is 9.48. The fourth-order valence-corrected chi connectivity index (χ4v) is 4.10. The third-order valence-electron chi connectivity index (χ3n) is 4.15. The summed E-state index contributed by atoms with van der Waals surface area (Å²) in [5.41, 5.74) is 6.09. The molecule has 0 aliphatic carbocycles. The van der Waals surface area contributed by atoms with E-state index in [0.717, 1.165) is 18.2 Å². The van der Waals surface area contributed by atoms with Crippen LogP contribution in [0.3, 0.4) is 0 Å². The summed E-state index contributed by atoms with van der Waals surface area (Å²) in [7, 11) is -9.25. The number of nitrogen functional groups attached to an aromatic ring is 1. The van der Waals surface area contributed by atoms with Gasteiger partial charge in [0.2, 0.25) is 0 Å². The van der Waals surface area contributed by atoms with Crippen molar-refractivity contribution >= 4 is 59.7 Å². The molecule has 5 N–H and O–H groups in total. The van der Waals surface area contributed by atoms with Crippen molar-refractivity contribution in [3.8, 4) is 5.75 Å². The average Bonchev–Trinajstić information content (AvgIpc) is 2.61. The van der Waals surface area contributed by atoms with E-state index in [4.69, 9.17) is 17.3 Å². The number of hydrogen-bond acceptors (Lipinski definition) is 8. The van der Waals surface area contributed by atoms with Crippen LogP contribution in [0.25, 0.3) is 10.8 Å². The number of benzene rings is 3. The molecule has 3 aromatic rings. The zero-order valence-electron chi connectivity index (χ0n) is 15.1. The van der Waals surface area contributed by atoms with Crippen molar-refractivity contribution in [3.05, 3.63) is 47.0 Å². The Hall–Kier alpha value is -2.77. The summed E-state index contributed by atoms with van der Waals surface area (Å²) in [5, 5.41) is 18.3. The number of hydrogen-bond donors (Lipinski definition) is 4. The Balaban J connectivity index is 2.26. The van der Waals surface area contributed by atoms with E-state index in [1.807, 2.05) is 0 Å². The molecule has 158 valence electrons. The van der Waals surface area contributed by atoms with Gasteiger partial charge in [0.25, 0.3) is 20.2 Å². The molecular weight excluding hydrogens is 458 g/mol. The van der Waals surface area contributed by atoms with Crippen LogP contribution >= 0.6 is 11.6 Å². The maximum atomic E-state index is 11.6. The molecular formula is C17H14ClN3O7S2. The van der Waals surface area contributed by atoms with Crippen molar-refractivity contribution in [3.63, 3.8) is 0 Å². The first-order chi connectivity index (χ1) is 13.8. The number of azo groups is 1. The van der Waals surface area contributed by atoms with Crippen LogP contribution in [0.15, 0.2) is 56.4 Å². The number of nitrogens with two attached hydrogens (primary N) is 1. The lowest BCUT2D eigenvalue weighted by Crippen LogP contribution is -1.99. The highest BCUT2D eigenvalue weighted by Gasteiger charge is 2.19. The predicted octanol–water partition coefficient (Wildman–Crippen LogP) is 4.00. The number of rotatable bonds is 4.